The Labute approximate surface area is 103 Å². The predicted molar refractivity (Wildman–Crippen MR) is 70.6 cm³/mol. The summed E-state index contributed by atoms with van der Waals surface area (Å²) >= 11 is 0. The molecule has 0 radical (unpaired) electrons. The molecule has 0 bridgehead atoms. The van der Waals surface area contributed by atoms with Gasteiger partial charge >= 0.3 is 5.97 Å². The van der Waals surface area contributed by atoms with Crippen LogP contribution in [0.2, 0.25) is 0 Å². The number of anilines is 1. The van der Waals surface area contributed by atoms with E-state index in [2.05, 4.69) is 13.0 Å². The zero-order valence-electron chi connectivity index (χ0n) is 10.8. The van der Waals surface area contributed by atoms with Crippen LogP contribution >= 0.6 is 0 Å². The molecule has 0 saturated carbocycles. The van der Waals surface area contributed by atoms with Crippen molar-refractivity contribution in [2.75, 3.05) is 11.4 Å². The molecule has 3 heteroatoms. The molecule has 1 aromatic carbocycles. The van der Waals surface area contributed by atoms with Gasteiger partial charge in [0, 0.05) is 12.2 Å². The van der Waals surface area contributed by atoms with Gasteiger partial charge in [-0.1, -0.05) is 32.0 Å². The number of carbonyl (C=O) groups is 1. The number of hydrogen-bond donors (Lipinski definition) is 1. The van der Waals surface area contributed by atoms with Crippen LogP contribution in [0.3, 0.4) is 0 Å². The minimum atomic E-state index is -0.750. The van der Waals surface area contributed by atoms with Crippen LogP contribution in [0.4, 0.5) is 5.69 Å². The Hall–Kier alpha value is -1.51. The molecule has 0 saturated heterocycles. The fourth-order valence-electron chi connectivity index (χ4n) is 2.18. The van der Waals surface area contributed by atoms with Crippen molar-refractivity contribution < 1.29 is 9.90 Å². The molecule has 1 N–H and O–H groups in total. The maximum Gasteiger partial charge on any atom is 0.326 e. The minimum absolute atomic E-state index is 0.437. The number of carboxylic acids is 1. The molecular weight excluding hydrogens is 214 g/mol. The number of nitrogens with zero attached hydrogens (tertiary/aromatic N) is 1. The minimum Gasteiger partial charge on any atom is -0.480 e. The molecule has 1 atom stereocenters. The van der Waals surface area contributed by atoms with Crippen molar-refractivity contribution in [2.45, 2.75) is 39.7 Å². The highest BCUT2D eigenvalue weighted by Gasteiger charge is 2.23. The molecule has 3 nitrogen and oxygen atoms in total. The number of carboxylic acid groups (broad SMARTS) is 1. The van der Waals surface area contributed by atoms with Gasteiger partial charge in [0.1, 0.15) is 6.04 Å². The first-order valence-corrected chi connectivity index (χ1v) is 6.22. The second-order valence-corrected chi connectivity index (χ2v) is 4.03. The lowest BCUT2D eigenvalue weighted by Crippen LogP contribution is -2.41. The average molecular weight is 235 g/mol. The first-order valence-electron chi connectivity index (χ1n) is 6.22. The lowest BCUT2D eigenvalue weighted by Gasteiger charge is -2.30. The molecule has 0 fully saturated rings. The molecule has 94 valence electrons. The number of rotatable bonds is 6. The fourth-order valence-corrected chi connectivity index (χ4v) is 2.18. The Balaban J connectivity index is 3.12. The Morgan fingerprint density at radius 1 is 1.29 bits per heavy atom. The number of para-hydroxylation sites is 1. The van der Waals surface area contributed by atoms with Crippen LogP contribution in [0.1, 0.15) is 32.8 Å². The zero-order valence-corrected chi connectivity index (χ0v) is 10.8. The summed E-state index contributed by atoms with van der Waals surface area (Å²) in [7, 11) is 0. The van der Waals surface area contributed by atoms with Crippen LogP contribution in [0.25, 0.3) is 0 Å². The second kappa shape index (κ2) is 6.28. The van der Waals surface area contributed by atoms with Gasteiger partial charge in [0.2, 0.25) is 0 Å². The summed E-state index contributed by atoms with van der Waals surface area (Å²) in [5.74, 6) is -0.750. The second-order valence-electron chi connectivity index (χ2n) is 4.03. The third-order valence-electron chi connectivity index (χ3n) is 3.07. The van der Waals surface area contributed by atoms with Gasteiger partial charge in [-0.3, -0.25) is 0 Å². The number of benzene rings is 1. The summed E-state index contributed by atoms with van der Waals surface area (Å²) in [5, 5.41) is 9.26. The molecule has 0 aliphatic carbocycles. The van der Waals surface area contributed by atoms with Gasteiger partial charge in [-0.25, -0.2) is 4.79 Å². The Morgan fingerprint density at radius 2 is 1.94 bits per heavy atom. The fraction of sp³-hybridized carbons (Fsp3) is 0.500. The summed E-state index contributed by atoms with van der Waals surface area (Å²) in [5.41, 5.74) is 2.25. The van der Waals surface area contributed by atoms with Crippen LogP contribution in [-0.4, -0.2) is 23.7 Å². The van der Waals surface area contributed by atoms with Gasteiger partial charge in [-0.15, -0.1) is 0 Å². The van der Waals surface area contributed by atoms with E-state index in [9.17, 15) is 9.90 Å². The molecular formula is C14H21NO2. The summed E-state index contributed by atoms with van der Waals surface area (Å²) in [6, 6.07) is 7.59. The summed E-state index contributed by atoms with van der Waals surface area (Å²) in [6.45, 7) is 6.71. The lowest BCUT2D eigenvalue weighted by molar-refractivity contribution is -0.138. The van der Waals surface area contributed by atoms with Crippen molar-refractivity contribution in [1.82, 2.24) is 0 Å². The van der Waals surface area contributed by atoms with Gasteiger partial charge in [-0.05, 0) is 31.4 Å². The Morgan fingerprint density at radius 3 is 2.41 bits per heavy atom. The van der Waals surface area contributed by atoms with E-state index in [4.69, 9.17) is 0 Å². The molecule has 0 unspecified atom stereocenters. The zero-order chi connectivity index (χ0) is 12.8. The van der Waals surface area contributed by atoms with E-state index in [1.807, 2.05) is 36.9 Å². The first-order chi connectivity index (χ1) is 8.15. The van der Waals surface area contributed by atoms with E-state index < -0.39 is 12.0 Å². The Bertz CT molecular complexity index is 376. The highest BCUT2D eigenvalue weighted by atomic mass is 16.4. The van der Waals surface area contributed by atoms with Gasteiger partial charge in [0.15, 0.2) is 0 Å². The molecule has 1 rings (SSSR count). The SMILES string of the molecule is CCc1ccccc1N(CC)[C@@H](CC)C(=O)O. The van der Waals surface area contributed by atoms with E-state index in [-0.39, 0.29) is 0 Å². The summed E-state index contributed by atoms with van der Waals surface area (Å²) in [6.07, 6.45) is 1.53. The van der Waals surface area contributed by atoms with Crippen LogP contribution in [0, 0.1) is 0 Å². The van der Waals surface area contributed by atoms with Crippen molar-refractivity contribution in [1.29, 1.82) is 0 Å². The molecule has 0 amide bonds. The quantitative estimate of drug-likeness (QED) is 0.824. The van der Waals surface area contributed by atoms with Gasteiger partial charge < -0.3 is 10.0 Å². The topological polar surface area (TPSA) is 40.5 Å². The number of hydrogen-bond acceptors (Lipinski definition) is 2. The van der Waals surface area contributed by atoms with E-state index in [0.717, 1.165) is 12.1 Å². The van der Waals surface area contributed by atoms with Crippen molar-refractivity contribution in [3.05, 3.63) is 29.8 Å². The van der Waals surface area contributed by atoms with Gasteiger partial charge in [-0.2, -0.15) is 0 Å². The predicted octanol–water partition coefficient (Wildman–Crippen LogP) is 2.94. The third-order valence-corrected chi connectivity index (χ3v) is 3.07. The van der Waals surface area contributed by atoms with Gasteiger partial charge in [0.05, 0.1) is 0 Å². The summed E-state index contributed by atoms with van der Waals surface area (Å²) in [4.78, 5) is 13.2. The highest BCUT2D eigenvalue weighted by molar-refractivity contribution is 5.78. The maximum absolute atomic E-state index is 11.3. The molecule has 1 aromatic rings. The first kappa shape index (κ1) is 13.6. The van der Waals surface area contributed by atoms with Crippen LogP contribution in [0.5, 0.6) is 0 Å². The van der Waals surface area contributed by atoms with E-state index in [0.29, 0.717) is 13.0 Å². The van der Waals surface area contributed by atoms with Crippen molar-refractivity contribution >= 4 is 11.7 Å². The standard InChI is InChI=1S/C14H21NO2/c1-4-11-9-7-8-10-13(11)15(6-3)12(5-2)14(16)17/h7-10,12H,4-6H2,1-3H3,(H,16,17)/t12-/m0/s1. The Kier molecular flexibility index (Phi) is 5.01. The molecule has 0 aromatic heterocycles. The summed E-state index contributed by atoms with van der Waals surface area (Å²) < 4.78 is 0. The van der Waals surface area contributed by atoms with Crippen molar-refractivity contribution in [3.8, 4) is 0 Å². The highest BCUT2D eigenvalue weighted by Crippen LogP contribution is 2.24. The average Bonchev–Trinajstić information content (AvgIpc) is 2.35. The van der Waals surface area contributed by atoms with E-state index >= 15 is 0 Å². The van der Waals surface area contributed by atoms with Crippen molar-refractivity contribution in [2.24, 2.45) is 0 Å². The van der Waals surface area contributed by atoms with E-state index in [1.165, 1.54) is 5.56 Å². The molecule has 0 heterocycles. The monoisotopic (exact) mass is 235 g/mol. The van der Waals surface area contributed by atoms with Crippen LogP contribution < -0.4 is 4.90 Å². The normalized spacial score (nSPS) is 12.2. The molecule has 0 aliphatic heterocycles. The molecule has 0 spiro atoms. The molecule has 0 aliphatic rings. The number of likely N-dealkylation sites (N-methyl/N-ethyl adjacent to an activating group) is 1. The smallest absolute Gasteiger partial charge is 0.326 e. The van der Waals surface area contributed by atoms with Gasteiger partial charge in [0.25, 0.3) is 0 Å². The maximum atomic E-state index is 11.3. The lowest BCUT2D eigenvalue weighted by atomic mass is 10.1. The third kappa shape index (κ3) is 2.99. The largest absolute Gasteiger partial charge is 0.480 e. The number of aryl methyl sites for hydroxylation is 1. The molecule has 17 heavy (non-hydrogen) atoms. The van der Waals surface area contributed by atoms with Crippen LogP contribution in [0.15, 0.2) is 24.3 Å². The van der Waals surface area contributed by atoms with Crippen molar-refractivity contribution in [3.63, 3.8) is 0 Å². The number of aliphatic carboxylic acids is 1. The van der Waals surface area contributed by atoms with E-state index in [1.54, 1.807) is 0 Å². The van der Waals surface area contributed by atoms with Crippen LogP contribution in [-0.2, 0) is 11.2 Å².